The minimum atomic E-state index is -1.28. The molecule has 0 bridgehead atoms. The summed E-state index contributed by atoms with van der Waals surface area (Å²) in [4.78, 5) is 38.5. The predicted octanol–water partition coefficient (Wildman–Crippen LogP) is 2.73. The molecule has 1 aliphatic heterocycles. The van der Waals surface area contributed by atoms with Crippen LogP contribution in [0.5, 0.6) is 0 Å². The van der Waals surface area contributed by atoms with Gasteiger partial charge < -0.3 is 10.6 Å². The summed E-state index contributed by atoms with van der Waals surface area (Å²) in [6.45, 7) is 1.86. The molecule has 7 heteroatoms. The van der Waals surface area contributed by atoms with E-state index in [2.05, 4.69) is 10.6 Å². The van der Waals surface area contributed by atoms with E-state index >= 15 is 0 Å². The number of carbonyl (C=O) groups excluding carboxylic acids is 3. The lowest BCUT2D eigenvalue weighted by Crippen LogP contribution is -2.45. The number of rotatable bonds is 8. The fourth-order valence-corrected chi connectivity index (χ4v) is 3.51. The molecule has 6 nitrogen and oxygen atoms in total. The van der Waals surface area contributed by atoms with Crippen LogP contribution in [0, 0.1) is 5.82 Å². The molecule has 152 valence electrons. The minimum absolute atomic E-state index is 0.290. The van der Waals surface area contributed by atoms with E-state index in [1.807, 2.05) is 30.3 Å². The van der Waals surface area contributed by atoms with Gasteiger partial charge in [-0.1, -0.05) is 49.4 Å². The maximum atomic E-state index is 13.2. The summed E-state index contributed by atoms with van der Waals surface area (Å²) in [6.07, 6.45) is 1.87. The monoisotopic (exact) mass is 397 g/mol. The van der Waals surface area contributed by atoms with E-state index in [1.165, 1.54) is 29.8 Å². The van der Waals surface area contributed by atoms with Crippen LogP contribution in [0.1, 0.15) is 30.9 Å². The number of nitrogens with one attached hydrogen (secondary N) is 2. The Kier molecular flexibility index (Phi) is 6.26. The molecule has 0 unspecified atom stereocenters. The van der Waals surface area contributed by atoms with Crippen LogP contribution in [0.25, 0.3) is 0 Å². The zero-order valence-corrected chi connectivity index (χ0v) is 16.3. The molecular formula is C22H24FN3O3. The van der Waals surface area contributed by atoms with Crippen molar-refractivity contribution >= 4 is 17.8 Å². The number of benzene rings is 2. The highest BCUT2D eigenvalue weighted by Gasteiger charge is 2.51. The van der Waals surface area contributed by atoms with Gasteiger partial charge in [-0.3, -0.25) is 14.5 Å². The van der Waals surface area contributed by atoms with Crippen LogP contribution in [0.15, 0.2) is 54.6 Å². The van der Waals surface area contributed by atoms with Crippen LogP contribution in [0.2, 0.25) is 0 Å². The van der Waals surface area contributed by atoms with Gasteiger partial charge in [0.1, 0.15) is 17.9 Å². The number of amides is 4. The third-order valence-electron chi connectivity index (χ3n) is 5.15. The smallest absolute Gasteiger partial charge is 0.325 e. The summed E-state index contributed by atoms with van der Waals surface area (Å²) in [6, 6.07) is 14.7. The number of nitrogens with zero attached hydrogens (tertiary/aromatic N) is 1. The van der Waals surface area contributed by atoms with Gasteiger partial charge in [-0.25, -0.2) is 9.18 Å². The number of hydrogen-bond donors (Lipinski definition) is 2. The molecule has 0 aromatic heterocycles. The van der Waals surface area contributed by atoms with E-state index in [0.29, 0.717) is 18.5 Å². The average Bonchev–Trinajstić information content (AvgIpc) is 2.97. The fraction of sp³-hybridized carbons (Fsp3) is 0.318. The van der Waals surface area contributed by atoms with Crippen LogP contribution >= 0.6 is 0 Å². The predicted molar refractivity (Wildman–Crippen MR) is 106 cm³/mol. The van der Waals surface area contributed by atoms with Crippen LogP contribution in [-0.4, -0.2) is 35.8 Å². The van der Waals surface area contributed by atoms with Crippen LogP contribution < -0.4 is 10.6 Å². The second-order valence-electron chi connectivity index (χ2n) is 7.03. The van der Waals surface area contributed by atoms with Gasteiger partial charge in [0, 0.05) is 6.54 Å². The second-order valence-corrected chi connectivity index (χ2v) is 7.03. The highest BCUT2D eigenvalue weighted by molar-refractivity contribution is 6.09. The highest BCUT2D eigenvalue weighted by Crippen LogP contribution is 2.32. The van der Waals surface area contributed by atoms with Gasteiger partial charge in [0.2, 0.25) is 5.91 Å². The first-order chi connectivity index (χ1) is 14.0. The Morgan fingerprint density at radius 2 is 1.79 bits per heavy atom. The molecule has 1 aliphatic rings. The summed E-state index contributed by atoms with van der Waals surface area (Å²) in [7, 11) is 0. The zero-order chi connectivity index (χ0) is 20.9. The lowest BCUT2D eigenvalue weighted by atomic mass is 9.87. The van der Waals surface area contributed by atoms with Gasteiger partial charge >= 0.3 is 6.03 Å². The standard InChI is InChI=1S/C22H24FN3O3/c1-2-22(17-10-12-18(23)13-11-17)20(28)26(21(29)25-22)15-19(27)24-14-6-9-16-7-4-3-5-8-16/h3-5,7-8,10-13H,2,6,9,14-15H2,1H3,(H,24,27)(H,25,29)/t22-/m0/s1. The van der Waals surface area contributed by atoms with Gasteiger partial charge in [-0.15, -0.1) is 0 Å². The maximum absolute atomic E-state index is 13.2. The normalized spacial score (nSPS) is 18.6. The third-order valence-corrected chi connectivity index (χ3v) is 5.15. The van der Waals surface area contributed by atoms with Gasteiger partial charge in [0.15, 0.2) is 0 Å². The number of imide groups is 1. The van der Waals surface area contributed by atoms with Crippen LogP contribution in [0.4, 0.5) is 9.18 Å². The van der Waals surface area contributed by atoms with Crippen molar-refractivity contribution < 1.29 is 18.8 Å². The Morgan fingerprint density at radius 3 is 2.45 bits per heavy atom. The molecule has 2 aromatic carbocycles. The van der Waals surface area contributed by atoms with E-state index < -0.39 is 29.2 Å². The van der Waals surface area contributed by atoms with E-state index in [1.54, 1.807) is 6.92 Å². The third kappa shape index (κ3) is 4.45. The van der Waals surface area contributed by atoms with E-state index in [9.17, 15) is 18.8 Å². The Hall–Kier alpha value is -3.22. The average molecular weight is 397 g/mol. The molecule has 1 saturated heterocycles. The highest BCUT2D eigenvalue weighted by atomic mass is 19.1. The number of aryl methyl sites for hydroxylation is 1. The number of hydrogen-bond acceptors (Lipinski definition) is 3. The molecule has 4 amide bonds. The van der Waals surface area contributed by atoms with Crippen LogP contribution in [0.3, 0.4) is 0 Å². The summed E-state index contributed by atoms with van der Waals surface area (Å²) in [5.41, 5.74) is 0.395. The molecular weight excluding hydrogens is 373 g/mol. The molecule has 2 N–H and O–H groups in total. The summed E-state index contributed by atoms with van der Waals surface area (Å²) < 4.78 is 13.2. The van der Waals surface area contributed by atoms with Gasteiger partial charge in [-0.2, -0.15) is 0 Å². The van der Waals surface area contributed by atoms with Crippen molar-refractivity contribution in [2.45, 2.75) is 31.7 Å². The molecule has 0 spiro atoms. The van der Waals surface area contributed by atoms with Crippen molar-refractivity contribution in [1.82, 2.24) is 15.5 Å². The molecule has 1 heterocycles. The van der Waals surface area contributed by atoms with Crippen molar-refractivity contribution in [3.8, 4) is 0 Å². The molecule has 29 heavy (non-hydrogen) atoms. The molecule has 3 rings (SSSR count). The molecule has 0 aliphatic carbocycles. The van der Waals surface area contributed by atoms with Crippen molar-refractivity contribution in [3.63, 3.8) is 0 Å². The van der Waals surface area contributed by atoms with E-state index in [4.69, 9.17) is 0 Å². The Labute approximate surface area is 169 Å². The van der Waals surface area contributed by atoms with Crippen molar-refractivity contribution in [2.24, 2.45) is 0 Å². The molecule has 2 aromatic rings. The van der Waals surface area contributed by atoms with E-state index in [0.717, 1.165) is 17.7 Å². The van der Waals surface area contributed by atoms with Crippen LogP contribution in [-0.2, 0) is 21.5 Å². The quantitative estimate of drug-likeness (QED) is 0.531. The van der Waals surface area contributed by atoms with Crippen molar-refractivity contribution in [3.05, 3.63) is 71.5 Å². The number of halogens is 1. The Balaban J connectivity index is 1.57. The molecule has 0 radical (unpaired) electrons. The SMILES string of the molecule is CC[C@@]1(c2ccc(F)cc2)NC(=O)N(CC(=O)NCCCc2ccccc2)C1=O. The number of urea groups is 1. The summed E-state index contributed by atoms with van der Waals surface area (Å²) in [5.74, 6) is -1.33. The van der Waals surface area contributed by atoms with Gasteiger partial charge in [0.05, 0.1) is 0 Å². The summed E-state index contributed by atoms with van der Waals surface area (Å²) >= 11 is 0. The Bertz CT molecular complexity index is 886. The van der Waals surface area contributed by atoms with E-state index in [-0.39, 0.29) is 6.54 Å². The van der Waals surface area contributed by atoms with Gasteiger partial charge in [0.25, 0.3) is 5.91 Å². The van der Waals surface area contributed by atoms with Crippen molar-refractivity contribution in [2.75, 3.05) is 13.1 Å². The minimum Gasteiger partial charge on any atom is -0.355 e. The maximum Gasteiger partial charge on any atom is 0.325 e. The zero-order valence-electron chi connectivity index (χ0n) is 16.3. The number of carbonyl (C=O) groups is 3. The second kappa shape index (κ2) is 8.86. The van der Waals surface area contributed by atoms with Gasteiger partial charge in [-0.05, 0) is 42.5 Å². The van der Waals surface area contributed by atoms with Crippen molar-refractivity contribution in [1.29, 1.82) is 0 Å². The molecule has 1 fully saturated rings. The largest absolute Gasteiger partial charge is 0.355 e. The fourth-order valence-electron chi connectivity index (χ4n) is 3.51. The lowest BCUT2D eigenvalue weighted by Gasteiger charge is -2.25. The lowest BCUT2D eigenvalue weighted by molar-refractivity contribution is -0.135. The first-order valence-electron chi connectivity index (χ1n) is 9.67. The Morgan fingerprint density at radius 1 is 1.10 bits per heavy atom. The molecule has 0 saturated carbocycles. The first kappa shape index (κ1) is 20.5. The first-order valence-corrected chi connectivity index (χ1v) is 9.67. The summed E-state index contributed by atoms with van der Waals surface area (Å²) in [5, 5.41) is 5.43. The molecule has 1 atom stereocenters. The topological polar surface area (TPSA) is 78.5 Å².